The molecule has 5 rings (SSSR count). The second-order valence-electron chi connectivity index (χ2n) is 12.3. The van der Waals surface area contributed by atoms with Gasteiger partial charge < -0.3 is 24.6 Å². The number of fused-ring (bicyclic) bond motifs is 2. The van der Waals surface area contributed by atoms with Crippen molar-refractivity contribution < 1.29 is 27.9 Å². The lowest BCUT2D eigenvalue weighted by molar-refractivity contribution is -0.134. The van der Waals surface area contributed by atoms with Crippen molar-refractivity contribution in [2.45, 2.75) is 50.7 Å². The molecule has 4 aromatic rings. The summed E-state index contributed by atoms with van der Waals surface area (Å²) in [4.78, 5) is 28.6. The molecule has 2 heterocycles. The standard InChI is InChI=1S/C35H42N4O6S/c1-23-10-13-29(14-11-23)46(43,44)38(5)21-33-24(2)19-39(25(3)22-40)35(42)18-26-16-28(12-15-32(26)45-33)36-34(41)17-27-20-37(4)31-9-7-6-8-30(27)31/h6-16,20,24-25,33,40H,17-19,21-22H2,1-5H3,(H,36,41)/t24-,25-,33+/m0/s1. The third-order valence-corrected chi connectivity index (χ3v) is 10.5. The molecule has 10 nitrogen and oxygen atoms in total. The zero-order chi connectivity index (χ0) is 33.2. The van der Waals surface area contributed by atoms with Gasteiger partial charge >= 0.3 is 0 Å². The zero-order valence-electron chi connectivity index (χ0n) is 26.9. The van der Waals surface area contributed by atoms with Gasteiger partial charge in [0.05, 0.1) is 36.9 Å². The van der Waals surface area contributed by atoms with Crippen LogP contribution >= 0.6 is 0 Å². The number of nitrogens with one attached hydrogen (secondary N) is 1. The number of carbonyl (C=O) groups excluding carboxylic acids is 2. The molecular formula is C35H42N4O6S. The molecule has 0 unspecified atom stereocenters. The summed E-state index contributed by atoms with van der Waals surface area (Å²) in [5, 5.41) is 13.9. The van der Waals surface area contributed by atoms with Crippen molar-refractivity contribution in [1.29, 1.82) is 0 Å². The number of benzene rings is 3. The molecule has 2 amide bonds. The van der Waals surface area contributed by atoms with Crippen LogP contribution in [-0.2, 0) is 39.5 Å². The Hall–Kier alpha value is -4.19. The van der Waals surface area contributed by atoms with Crippen molar-refractivity contribution in [3.8, 4) is 5.75 Å². The highest BCUT2D eigenvalue weighted by Gasteiger charge is 2.33. The molecule has 0 aliphatic carbocycles. The van der Waals surface area contributed by atoms with Crippen LogP contribution in [0.25, 0.3) is 10.9 Å². The van der Waals surface area contributed by atoms with Gasteiger partial charge in [-0.25, -0.2) is 8.42 Å². The SMILES string of the molecule is Cc1ccc(S(=O)(=O)N(C)C[C@H]2Oc3ccc(NC(=O)Cc4cn(C)c5ccccc45)cc3CC(=O)N([C@@H](C)CO)C[C@@H]2C)cc1. The van der Waals surface area contributed by atoms with Gasteiger partial charge in [-0.1, -0.05) is 42.8 Å². The van der Waals surface area contributed by atoms with Crippen LogP contribution in [0.3, 0.4) is 0 Å². The van der Waals surface area contributed by atoms with E-state index in [1.165, 1.54) is 11.4 Å². The lowest BCUT2D eigenvalue weighted by atomic mass is 10.0. The Bertz CT molecular complexity index is 1840. The summed E-state index contributed by atoms with van der Waals surface area (Å²) in [6.07, 6.45) is 1.51. The van der Waals surface area contributed by atoms with Crippen LogP contribution in [0.15, 0.2) is 77.8 Å². The first-order valence-electron chi connectivity index (χ1n) is 15.4. The molecule has 2 N–H and O–H groups in total. The predicted molar refractivity (Wildman–Crippen MR) is 178 cm³/mol. The summed E-state index contributed by atoms with van der Waals surface area (Å²) < 4.78 is 36.7. The molecule has 3 atom stereocenters. The van der Waals surface area contributed by atoms with E-state index in [1.54, 1.807) is 54.3 Å². The predicted octanol–water partition coefficient (Wildman–Crippen LogP) is 4.14. The molecular weight excluding hydrogens is 604 g/mol. The number of ether oxygens (including phenoxy) is 1. The molecule has 0 fully saturated rings. The quantitative estimate of drug-likeness (QED) is 0.282. The van der Waals surface area contributed by atoms with Gasteiger partial charge in [-0.2, -0.15) is 4.31 Å². The average molecular weight is 647 g/mol. The maximum Gasteiger partial charge on any atom is 0.242 e. The van der Waals surface area contributed by atoms with E-state index in [2.05, 4.69) is 5.32 Å². The second kappa shape index (κ2) is 13.7. The summed E-state index contributed by atoms with van der Waals surface area (Å²) in [6, 6.07) is 19.3. The lowest BCUT2D eigenvalue weighted by Crippen LogP contribution is -2.48. The van der Waals surface area contributed by atoms with Gasteiger partial charge in [0.2, 0.25) is 21.8 Å². The van der Waals surface area contributed by atoms with Crippen molar-refractivity contribution in [3.63, 3.8) is 0 Å². The molecule has 0 saturated carbocycles. The monoisotopic (exact) mass is 646 g/mol. The third-order valence-electron chi connectivity index (χ3n) is 8.70. The van der Waals surface area contributed by atoms with Gasteiger partial charge in [0, 0.05) is 54.9 Å². The number of aryl methyl sites for hydroxylation is 2. The summed E-state index contributed by atoms with van der Waals surface area (Å²) >= 11 is 0. The molecule has 1 aromatic heterocycles. The number of aliphatic hydroxyl groups is 1. The van der Waals surface area contributed by atoms with E-state index in [0.717, 1.165) is 22.0 Å². The van der Waals surface area contributed by atoms with Crippen LogP contribution in [0.5, 0.6) is 5.75 Å². The van der Waals surface area contributed by atoms with Crippen LogP contribution in [0.1, 0.15) is 30.5 Å². The maximum atomic E-state index is 13.6. The minimum Gasteiger partial charge on any atom is -0.488 e. The van der Waals surface area contributed by atoms with Gasteiger partial charge in [0.25, 0.3) is 0 Å². The van der Waals surface area contributed by atoms with Gasteiger partial charge in [-0.15, -0.1) is 0 Å². The fourth-order valence-electron chi connectivity index (χ4n) is 5.91. The minimum absolute atomic E-state index is 0.0103. The highest BCUT2D eigenvalue weighted by atomic mass is 32.2. The highest BCUT2D eigenvalue weighted by molar-refractivity contribution is 7.89. The molecule has 1 aliphatic heterocycles. The number of rotatable bonds is 9. The first-order valence-corrected chi connectivity index (χ1v) is 16.9. The molecule has 0 radical (unpaired) electrons. The topological polar surface area (TPSA) is 121 Å². The molecule has 0 bridgehead atoms. The zero-order valence-corrected chi connectivity index (χ0v) is 27.8. The largest absolute Gasteiger partial charge is 0.488 e. The van der Waals surface area contributed by atoms with E-state index in [0.29, 0.717) is 17.0 Å². The van der Waals surface area contributed by atoms with Crippen molar-refractivity contribution in [2.24, 2.45) is 13.0 Å². The van der Waals surface area contributed by atoms with Crippen molar-refractivity contribution in [2.75, 3.05) is 32.1 Å². The van der Waals surface area contributed by atoms with Crippen LogP contribution in [-0.4, -0.2) is 78.0 Å². The van der Waals surface area contributed by atoms with Gasteiger partial charge in [-0.3, -0.25) is 9.59 Å². The van der Waals surface area contributed by atoms with E-state index in [-0.39, 0.29) is 55.2 Å². The van der Waals surface area contributed by atoms with Gasteiger partial charge in [-0.05, 0) is 55.8 Å². The number of anilines is 1. The number of para-hydroxylation sites is 1. The molecule has 46 heavy (non-hydrogen) atoms. The lowest BCUT2D eigenvalue weighted by Gasteiger charge is -2.33. The summed E-state index contributed by atoms with van der Waals surface area (Å²) in [7, 11) is -0.338. The van der Waals surface area contributed by atoms with Crippen molar-refractivity contribution in [3.05, 3.63) is 89.6 Å². The number of likely N-dealkylation sites (N-methyl/N-ethyl adjacent to an activating group) is 1. The van der Waals surface area contributed by atoms with E-state index < -0.39 is 22.2 Å². The number of hydrogen-bond acceptors (Lipinski definition) is 6. The number of sulfonamides is 1. The first-order chi connectivity index (χ1) is 21.9. The van der Waals surface area contributed by atoms with Crippen LogP contribution < -0.4 is 10.1 Å². The minimum atomic E-state index is -3.81. The normalized spacial score (nSPS) is 18.0. The number of aliphatic hydroxyl groups excluding tert-OH is 1. The Morgan fingerprint density at radius 1 is 1.13 bits per heavy atom. The molecule has 3 aromatic carbocycles. The van der Waals surface area contributed by atoms with Crippen LogP contribution in [0, 0.1) is 12.8 Å². The fourth-order valence-corrected chi connectivity index (χ4v) is 7.09. The molecule has 1 aliphatic rings. The van der Waals surface area contributed by atoms with Crippen LogP contribution in [0.2, 0.25) is 0 Å². The Balaban J connectivity index is 1.41. The van der Waals surface area contributed by atoms with Crippen molar-refractivity contribution in [1.82, 2.24) is 13.8 Å². The summed E-state index contributed by atoms with van der Waals surface area (Å²) in [6.45, 7) is 5.67. The Morgan fingerprint density at radius 2 is 1.85 bits per heavy atom. The third kappa shape index (κ3) is 7.11. The number of aromatic nitrogens is 1. The van der Waals surface area contributed by atoms with E-state index >= 15 is 0 Å². The Kier molecular flexibility index (Phi) is 9.85. The Morgan fingerprint density at radius 3 is 2.57 bits per heavy atom. The second-order valence-corrected chi connectivity index (χ2v) is 14.4. The fraction of sp³-hybridized carbons (Fsp3) is 0.371. The Labute approximate surface area is 270 Å². The first kappa shape index (κ1) is 33.2. The molecule has 11 heteroatoms. The average Bonchev–Trinajstić information content (AvgIpc) is 3.35. The van der Waals surface area contributed by atoms with Crippen molar-refractivity contribution >= 4 is 38.4 Å². The van der Waals surface area contributed by atoms with Gasteiger partial charge in [0.1, 0.15) is 11.9 Å². The number of hydrogen-bond donors (Lipinski definition) is 2. The summed E-state index contributed by atoms with van der Waals surface area (Å²) in [5.74, 6) is -0.230. The van der Waals surface area contributed by atoms with E-state index in [9.17, 15) is 23.1 Å². The van der Waals surface area contributed by atoms with E-state index in [1.807, 2.05) is 55.9 Å². The summed E-state index contributed by atoms with van der Waals surface area (Å²) in [5.41, 5.74) is 3.99. The maximum absolute atomic E-state index is 13.6. The molecule has 0 saturated heterocycles. The molecule has 244 valence electrons. The van der Waals surface area contributed by atoms with Crippen LogP contribution in [0.4, 0.5) is 5.69 Å². The number of carbonyl (C=O) groups is 2. The number of nitrogens with zero attached hydrogens (tertiary/aromatic N) is 3. The highest BCUT2D eigenvalue weighted by Crippen LogP contribution is 2.30. The smallest absolute Gasteiger partial charge is 0.242 e. The van der Waals surface area contributed by atoms with Gasteiger partial charge in [0.15, 0.2) is 0 Å². The van der Waals surface area contributed by atoms with E-state index in [4.69, 9.17) is 4.74 Å². The number of amides is 2. The molecule has 0 spiro atoms.